The van der Waals surface area contributed by atoms with Crippen molar-refractivity contribution in [3.63, 3.8) is 0 Å². The first kappa shape index (κ1) is 19.4. The van der Waals surface area contributed by atoms with Crippen LogP contribution in [0.3, 0.4) is 0 Å². The Hall–Kier alpha value is -1.93. The van der Waals surface area contributed by atoms with Gasteiger partial charge in [0.05, 0.1) is 10.0 Å². The topological polar surface area (TPSA) is 43.3 Å². The van der Waals surface area contributed by atoms with Crippen LogP contribution in [0.15, 0.2) is 40.8 Å². The molecular formula is C17H6Cl4F3N3O. The Kier molecular flexibility index (Phi) is 4.74. The molecule has 0 aliphatic carbocycles. The predicted molar refractivity (Wildman–Crippen MR) is 101 cm³/mol. The number of rotatable bonds is 2. The normalized spacial score (nSPS) is 12.1. The van der Waals surface area contributed by atoms with Crippen LogP contribution in [-0.2, 0) is 6.18 Å². The second-order valence-electron chi connectivity index (χ2n) is 5.66. The van der Waals surface area contributed by atoms with Gasteiger partial charge in [0, 0.05) is 5.56 Å². The van der Waals surface area contributed by atoms with Crippen molar-refractivity contribution >= 4 is 52.1 Å². The van der Waals surface area contributed by atoms with Crippen LogP contribution < -0.4 is 0 Å². The van der Waals surface area contributed by atoms with Gasteiger partial charge in [-0.2, -0.15) is 18.3 Å². The van der Waals surface area contributed by atoms with E-state index in [1.54, 1.807) is 6.07 Å². The molecule has 0 fully saturated rings. The molecule has 0 bridgehead atoms. The molecule has 0 radical (unpaired) electrons. The van der Waals surface area contributed by atoms with Gasteiger partial charge >= 0.3 is 6.18 Å². The van der Waals surface area contributed by atoms with E-state index in [4.69, 9.17) is 50.8 Å². The van der Waals surface area contributed by atoms with E-state index in [0.717, 1.165) is 6.07 Å². The molecule has 0 aliphatic rings. The number of alkyl halides is 3. The highest BCUT2D eigenvalue weighted by Crippen LogP contribution is 2.38. The van der Waals surface area contributed by atoms with Gasteiger partial charge < -0.3 is 4.42 Å². The molecule has 0 aliphatic heterocycles. The highest BCUT2D eigenvalue weighted by molar-refractivity contribution is 6.42. The Bertz CT molecular complexity index is 1220. The third-order valence-electron chi connectivity index (χ3n) is 3.84. The Morgan fingerprint density at radius 1 is 0.929 bits per heavy atom. The Labute approximate surface area is 175 Å². The minimum Gasteiger partial charge on any atom is -0.443 e. The van der Waals surface area contributed by atoms with Crippen LogP contribution in [0.2, 0.25) is 20.3 Å². The van der Waals surface area contributed by atoms with Crippen molar-refractivity contribution in [2.45, 2.75) is 6.18 Å². The molecule has 4 nitrogen and oxygen atoms in total. The lowest BCUT2D eigenvalue weighted by molar-refractivity contribution is -0.142. The number of benzene rings is 1. The SMILES string of the molecule is FC(F)(F)c1cc(-c2ccc(Cl)o2)nc2c(Cl)c(-c3ccc(Cl)c(Cl)c3)nn12. The van der Waals surface area contributed by atoms with Crippen LogP contribution in [0.25, 0.3) is 28.4 Å². The van der Waals surface area contributed by atoms with Crippen LogP contribution in [0.5, 0.6) is 0 Å². The fourth-order valence-electron chi connectivity index (χ4n) is 2.60. The molecule has 0 atom stereocenters. The van der Waals surface area contributed by atoms with E-state index in [1.165, 1.54) is 24.3 Å². The average Bonchev–Trinajstić information content (AvgIpc) is 3.20. The van der Waals surface area contributed by atoms with Crippen molar-refractivity contribution in [3.05, 3.63) is 62.4 Å². The van der Waals surface area contributed by atoms with Crippen molar-refractivity contribution in [1.82, 2.24) is 14.6 Å². The molecule has 1 aromatic carbocycles. The molecule has 0 spiro atoms. The number of fused-ring (bicyclic) bond motifs is 1. The van der Waals surface area contributed by atoms with Crippen LogP contribution in [0.4, 0.5) is 13.2 Å². The van der Waals surface area contributed by atoms with E-state index in [1.807, 2.05) is 0 Å². The highest BCUT2D eigenvalue weighted by atomic mass is 35.5. The minimum atomic E-state index is -4.73. The van der Waals surface area contributed by atoms with Gasteiger partial charge in [0.15, 0.2) is 22.3 Å². The van der Waals surface area contributed by atoms with E-state index in [2.05, 4.69) is 10.1 Å². The van der Waals surface area contributed by atoms with Gasteiger partial charge in [0.2, 0.25) is 0 Å². The number of hydrogen-bond acceptors (Lipinski definition) is 3. The number of hydrogen-bond donors (Lipinski definition) is 0. The molecule has 0 unspecified atom stereocenters. The molecule has 0 saturated heterocycles. The van der Waals surface area contributed by atoms with E-state index in [-0.39, 0.29) is 43.1 Å². The summed E-state index contributed by atoms with van der Waals surface area (Å²) in [5, 5.41) is 4.44. The molecule has 0 saturated carbocycles. The zero-order valence-corrected chi connectivity index (χ0v) is 16.4. The van der Waals surface area contributed by atoms with Crippen LogP contribution in [0.1, 0.15) is 5.69 Å². The fraction of sp³-hybridized carbons (Fsp3) is 0.0588. The standard InChI is InChI=1S/C17H6Cl4F3N3O/c18-8-2-1-7(5-9(8)19)15-14(21)16-25-10(11-3-4-13(20)28-11)6-12(17(22,23)24)27(16)26-15/h1-6H. The van der Waals surface area contributed by atoms with Crippen molar-refractivity contribution < 1.29 is 17.6 Å². The fourth-order valence-corrected chi connectivity index (χ4v) is 3.31. The van der Waals surface area contributed by atoms with Gasteiger partial charge in [-0.1, -0.05) is 40.9 Å². The van der Waals surface area contributed by atoms with Gasteiger partial charge in [-0.15, -0.1) is 0 Å². The molecule has 4 aromatic rings. The Morgan fingerprint density at radius 2 is 1.68 bits per heavy atom. The van der Waals surface area contributed by atoms with Crippen molar-refractivity contribution in [1.29, 1.82) is 0 Å². The zero-order valence-electron chi connectivity index (χ0n) is 13.4. The molecule has 4 rings (SSSR count). The van der Waals surface area contributed by atoms with Crippen molar-refractivity contribution in [2.24, 2.45) is 0 Å². The number of furan rings is 1. The second kappa shape index (κ2) is 6.84. The number of nitrogens with zero attached hydrogens (tertiary/aromatic N) is 3. The third-order valence-corrected chi connectivity index (χ3v) is 5.13. The lowest BCUT2D eigenvalue weighted by Crippen LogP contribution is -2.13. The van der Waals surface area contributed by atoms with Gasteiger partial charge in [0.1, 0.15) is 16.4 Å². The molecule has 3 aromatic heterocycles. The zero-order chi connectivity index (χ0) is 20.2. The second-order valence-corrected chi connectivity index (χ2v) is 7.22. The maximum Gasteiger partial charge on any atom is 0.433 e. The third kappa shape index (κ3) is 3.33. The average molecular weight is 467 g/mol. The Balaban J connectivity index is 2.01. The summed E-state index contributed by atoms with van der Waals surface area (Å²) in [6.07, 6.45) is -4.73. The first-order valence-corrected chi connectivity index (χ1v) is 9.04. The van der Waals surface area contributed by atoms with E-state index in [9.17, 15) is 13.2 Å². The summed E-state index contributed by atoms with van der Waals surface area (Å²) in [6, 6.07) is 8.11. The minimum absolute atomic E-state index is 0.0151. The summed E-state index contributed by atoms with van der Waals surface area (Å²) >= 11 is 23.9. The van der Waals surface area contributed by atoms with Crippen molar-refractivity contribution in [3.8, 4) is 22.7 Å². The van der Waals surface area contributed by atoms with Gasteiger partial charge in [-0.05, 0) is 41.9 Å². The summed E-state index contributed by atoms with van der Waals surface area (Å²) in [5.41, 5.74) is -0.893. The van der Waals surface area contributed by atoms with Gasteiger partial charge in [-0.3, -0.25) is 0 Å². The van der Waals surface area contributed by atoms with E-state index >= 15 is 0 Å². The summed E-state index contributed by atoms with van der Waals surface area (Å²) in [7, 11) is 0. The van der Waals surface area contributed by atoms with Crippen LogP contribution in [-0.4, -0.2) is 14.6 Å². The lowest BCUT2D eigenvalue weighted by Gasteiger charge is -2.10. The summed E-state index contributed by atoms with van der Waals surface area (Å²) in [5.74, 6) is 0.0614. The highest BCUT2D eigenvalue weighted by Gasteiger charge is 2.36. The summed E-state index contributed by atoms with van der Waals surface area (Å²) < 4.78 is 46.8. The van der Waals surface area contributed by atoms with Gasteiger partial charge in [-0.25, -0.2) is 9.50 Å². The maximum atomic E-state index is 13.7. The molecule has 0 amide bonds. The first-order valence-electron chi connectivity index (χ1n) is 7.53. The van der Waals surface area contributed by atoms with Crippen molar-refractivity contribution in [2.75, 3.05) is 0 Å². The monoisotopic (exact) mass is 465 g/mol. The molecular weight excluding hydrogens is 461 g/mol. The smallest absolute Gasteiger partial charge is 0.433 e. The molecule has 0 N–H and O–H groups in total. The largest absolute Gasteiger partial charge is 0.443 e. The van der Waals surface area contributed by atoms with E-state index < -0.39 is 11.9 Å². The number of halogens is 7. The van der Waals surface area contributed by atoms with E-state index in [0.29, 0.717) is 10.1 Å². The summed E-state index contributed by atoms with van der Waals surface area (Å²) in [4.78, 5) is 4.18. The lowest BCUT2D eigenvalue weighted by atomic mass is 10.1. The maximum absolute atomic E-state index is 13.7. The molecule has 144 valence electrons. The summed E-state index contributed by atoms with van der Waals surface area (Å²) in [6.45, 7) is 0. The molecule has 28 heavy (non-hydrogen) atoms. The molecule has 11 heteroatoms. The first-order chi connectivity index (χ1) is 13.1. The van der Waals surface area contributed by atoms with Gasteiger partial charge in [0.25, 0.3) is 0 Å². The van der Waals surface area contributed by atoms with Crippen LogP contribution >= 0.6 is 46.4 Å². The Morgan fingerprint density at radius 3 is 2.29 bits per heavy atom. The molecule has 3 heterocycles. The van der Waals surface area contributed by atoms with Crippen LogP contribution in [0, 0.1) is 0 Å². The predicted octanol–water partition coefficient (Wildman–Crippen LogP) is 7.29. The number of aromatic nitrogens is 3. The quantitative estimate of drug-likeness (QED) is 0.311.